The summed E-state index contributed by atoms with van der Waals surface area (Å²) >= 11 is 0. The fourth-order valence-corrected chi connectivity index (χ4v) is 5.53. The van der Waals surface area contributed by atoms with Gasteiger partial charge in [-0.05, 0) is 51.0 Å². The van der Waals surface area contributed by atoms with E-state index in [-0.39, 0.29) is 35.5 Å². The highest BCUT2D eigenvalue weighted by atomic mass is 16.3. The summed E-state index contributed by atoms with van der Waals surface area (Å²) < 4.78 is 0. The van der Waals surface area contributed by atoms with Crippen LogP contribution in [0.2, 0.25) is 0 Å². The molecular weight excluding hydrogens is 366 g/mol. The molecule has 1 fully saturated rings. The molecule has 1 saturated heterocycles. The van der Waals surface area contributed by atoms with Gasteiger partial charge in [0.25, 0.3) is 0 Å². The molecule has 3 aliphatic rings. The Bertz CT molecular complexity index is 765. The smallest absolute Gasteiger partial charge is 0.235 e. The average Bonchev–Trinajstić information content (AvgIpc) is 2.93. The molecule has 2 unspecified atom stereocenters. The van der Waals surface area contributed by atoms with Crippen LogP contribution in [-0.4, -0.2) is 40.2 Å². The molecule has 0 aromatic rings. The van der Waals surface area contributed by atoms with E-state index in [1.165, 1.54) is 17.7 Å². The van der Waals surface area contributed by atoms with Gasteiger partial charge < -0.3 is 15.5 Å². The highest BCUT2D eigenvalue weighted by Crippen LogP contribution is 2.55. The van der Waals surface area contributed by atoms with Crippen LogP contribution in [0.3, 0.4) is 0 Å². The average molecular weight is 402 g/mol. The number of carbonyl (C=O) groups is 2. The van der Waals surface area contributed by atoms with E-state index in [9.17, 15) is 19.8 Å². The van der Waals surface area contributed by atoms with Gasteiger partial charge in [0.2, 0.25) is 5.91 Å². The zero-order valence-electron chi connectivity index (χ0n) is 18.2. The Hall–Kier alpha value is -1.72. The first-order valence-electron chi connectivity index (χ1n) is 10.8. The normalized spacial score (nSPS) is 40.6. The summed E-state index contributed by atoms with van der Waals surface area (Å²) in [5, 5.41) is 23.6. The second-order valence-corrected chi connectivity index (χ2v) is 9.66. The van der Waals surface area contributed by atoms with Crippen molar-refractivity contribution in [3.8, 4) is 0 Å². The molecule has 1 amide bonds. The Morgan fingerprint density at radius 1 is 1.21 bits per heavy atom. The summed E-state index contributed by atoms with van der Waals surface area (Å²) in [5.41, 5.74) is 1.02. The maximum Gasteiger partial charge on any atom is 0.235 e. The fourth-order valence-electron chi connectivity index (χ4n) is 5.53. The van der Waals surface area contributed by atoms with E-state index in [0.717, 1.165) is 12.0 Å². The van der Waals surface area contributed by atoms with Crippen molar-refractivity contribution < 1.29 is 19.8 Å². The molecule has 1 spiro atoms. The third-order valence-electron chi connectivity index (χ3n) is 7.15. The topological polar surface area (TPSA) is 86.6 Å². The number of ketones is 1. The molecule has 29 heavy (non-hydrogen) atoms. The molecule has 3 rings (SSSR count). The maximum absolute atomic E-state index is 13.6. The van der Waals surface area contributed by atoms with Gasteiger partial charge in [-0.25, -0.2) is 0 Å². The van der Waals surface area contributed by atoms with Gasteiger partial charge in [-0.15, -0.1) is 0 Å². The molecule has 2 aliphatic carbocycles. The summed E-state index contributed by atoms with van der Waals surface area (Å²) in [6.07, 6.45) is 6.60. The Balaban J connectivity index is 2.20. The molecule has 1 heterocycles. The number of rotatable bonds is 2. The minimum absolute atomic E-state index is 0.0599. The lowest BCUT2D eigenvalue weighted by atomic mass is 9.55. The van der Waals surface area contributed by atoms with E-state index >= 15 is 0 Å². The zero-order chi connectivity index (χ0) is 21.5. The first-order chi connectivity index (χ1) is 13.6. The van der Waals surface area contributed by atoms with Crippen molar-refractivity contribution in [1.82, 2.24) is 5.32 Å². The molecule has 0 aromatic carbocycles. The zero-order valence-corrected chi connectivity index (χ0v) is 18.2. The molecule has 5 nitrogen and oxygen atoms in total. The van der Waals surface area contributed by atoms with Crippen LogP contribution in [0.15, 0.2) is 35.5 Å². The lowest BCUT2D eigenvalue weighted by Gasteiger charge is -2.44. The third-order valence-corrected chi connectivity index (χ3v) is 7.15. The summed E-state index contributed by atoms with van der Waals surface area (Å²) in [6, 6.07) is -0.0599. The highest BCUT2D eigenvalue weighted by Gasteiger charge is 2.64. The quantitative estimate of drug-likeness (QED) is 0.490. The predicted octanol–water partition coefficient (Wildman–Crippen LogP) is 2.93. The minimum Gasteiger partial charge on any atom is -0.390 e. The number of aliphatic hydroxyl groups excluding tert-OH is 2. The molecule has 1 aliphatic heterocycles. The Morgan fingerprint density at radius 2 is 1.90 bits per heavy atom. The standard InChI is InChI=1S/C24H35NO4/c1-13(2)10-18-22-16(5)15(4)12-17-11-14(3)6-7-19(26)20(27)8-9-21(28)24(17,22)23(29)25-18/h8-9,11-13,16-20,22,26-27H,6-7,10H2,1-5H3,(H,25,29)/t16-,17+,18+,19?,20+,22+,24?/m1/s1. The van der Waals surface area contributed by atoms with Gasteiger partial charge in [-0.2, -0.15) is 0 Å². The number of hydrogen-bond acceptors (Lipinski definition) is 4. The van der Waals surface area contributed by atoms with Crippen LogP contribution in [0.4, 0.5) is 0 Å². The minimum atomic E-state index is -1.20. The molecule has 7 atom stereocenters. The first kappa shape index (κ1) is 22.0. The van der Waals surface area contributed by atoms with E-state index in [4.69, 9.17) is 0 Å². The molecule has 0 bridgehead atoms. The second-order valence-electron chi connectivity index (χ2n) is 9.66. The second kappa shape index (κ2) is 8.19. The van der Waals surface area contributed by atoms with Gasteiger partial charge in [0, 0.05) is 17.9 Å². The van der Waals surface area contributed by atoms with Gasteiger partial charge >= 0.3 is 0 Å². The summed E-state index contributed by atoms with van der Waals surface area (Å²) in [5.74, 6) is -0.455. The van der Waals surface area contributed by atoms with Crippen LogP contribution in [0.1, 0.15) is 53.9 Å². The van der Waals surface area contributed by atoms with Crippen LogP contribution in [0, 0.1) is 29.1 Å². The summed E-state index contributed by atoms with van der Waals surface area (Å²) in [6.45, 7) is 10.4. The van der Waals surface area contributed by atoms with E-state index in [2.05, 4.69) is 39.1 Å². The Morgan fingerprint density at radius 3 is 2.55 bits per heavy atom. The lowest BCUT2D eigenvalue weighted by molar-refractivity contribution is -0.142. The van der Waals surface area contributed by atoms with E-state index in [0.29, 0.717) is 18.8 Å². The van der Waals surface area contributed by atoms with Crippen molar-refractivity contribution >= 4 is 11.7 Å². The van der Waals surface area contributed by atoms with Crippen molar-refractivity contribution in [3.63, 3.8) is 0 Å². The van der Waals surface area contributed by atoms with Crippen LogP contribution >= 0.6 is 0 Å². The maximum atomic E-state index is 13.6. The third kappa shape index (κ3) is 3.75. The number of hydrogen-bond donors (Lipinski definition) is 3. The molecule has 5 heteroatoms. The molecular formula is C24H35NO4. The fraction of sp³-hybridized carbons (Fsp3) is 0.667. The Kier molecular flexibility index (Phi) is 6.21. The molecule has 160 valence electrons. The molecule has 0 aromatic heterocycles. The number of nitrogens with one attached hydrogen (secondary N) is 1. The van der Waals surface area contributed by atoms with E-state index in [1.807, 2.05) is 13.0 Å². The molecule has 0 saturated carbocycles. The van der Waals surface area contributed by atoms with Crippen molar-refractivity contribution in [2.45, 2.75) is 72.1 Å². The largest absolute Gasteiger partial charge is 0.390 e. The SMILES string of the molecule is CC1=C[C@H]2C=C(C)[C@@H](C)[C@H]3[C@H](CC(C)C)NC(=O)C23C(=O)C=C[C@H](O)C(O)CC1. The van der Waals surface area contributed by atoms with Crippen LogP contribution in [-0.2, 0) is 9.59 Å². The van der Waals surface area contributed by atoms with Gasteiger partial charge in [0.1, 0.15) is 5.41 Å². The van der Waals surface area contributed by atoms with Crippen molar-refractivity contribution in [1.29, 1.82) is 0 Å². The van der Waals surface area contributed by atoms with Crippen molar-refractivity contribution in [3.05, 3.63) is 35.5 Å². The lowest BCUT2D eigenvalue weighted by Crippen LogP contribution is -2.51. The predicted molar refractivity (Wildman–Crippen MR) is 113 cm³/mol. The van der Waals surface area contributed by atoms with Gasteiger partial charge in [0.05, 0.1) is 12.2 Å². The van der Waals surface area contributed by atoms with Crippen LogP contribution in [0.5, 0.6) is 0 Å². The molecule has 3 N–H and O–H groups in total. The summed E-state index contributed by atoms with van der Waals surface area (Å²) in [7, 11) is 0. The van der Waals surface area contributed by atoms with Gasteiger partial charge in [-0.3, -0.25) is 9.59 Å². The highest BCUT2D eigenvalue weighted by molar-refractivity contribution is 6.13. The number of allylic oxidation sites excluding steroid dienone is 5. The van der Waals surface area contributed by atoms with E-state index in [1.54, 1.807) is 0 Å². The van der Waals surface area contributed by atoms with Crippen molar-refractivity contribution in [2.75, 3.05) is 0 Å². The Labute approximate surface area is 174 Å². The van der Waals surface area contributed by atoms with Gasteiger partial charge in [0.15, 0.2) is 5.78 Å². The number of aliphatic hydroxyl groups is 2. The summed E-state index contributed by atoms with van der Waals surface area (Å²) in [4.78, 5) is 27.1. The van der Waals surface area contributed by atoms with Crippen LogP contribution in [0.25, 0.3) is 0 Å². The van der Waals surface area contributed by atoms with Gasteiger partial charge in [-0.1, -0.05) is 50.1 Å². The first-order valence-corrected chi connectivity index (χ1v) is 10.8. The van der Waals surface area contributed by atoms with Crippen LogP contribution < -0.4 is 5.32 Å². The molecule has 0 radical (unpaired) electrons. The van der Waals surface area contributed by atoms with Crippen molar-refractivity contribution in [2.24, 2.45) is 29.1 Å². The number of amides is 1. The monoisotopic (exact) mass is 401 g/mol. The van der Waals surface area contributed by atoms with E-state index < -0.39 is 17.6 Å². The number of carbonyl (C=O) groups excluding carboxylic acids is 2.